The highest BCUT2D eigenvalue weighted by atomic mass is 32.2. The summed E-state index contributed by atoms with van der Waals surface area (Å²) in [5, 5.41) is 9.51. The Labute approximate surface area is 109 Å². The zero-order chi connectivity index (χ0) is 12.6. The topological polar surface area (TPSA) is 46.2 Å². The number of benzene rings is 1. The van der Waals surface area contributed by atoms with E-state index in [1.54, 1.807) is 0 Å². The molecule has 1 atom stereocenters. The van der Waals surface area contributed by atoms with Crippen molar-refractivity contribution >= 4 is 11.8 Å². The molecule has 0 aliphatic rings. The lowest BCUT2D eigenvalue weighted by Crippen LogP contribution is -2.41. The van der Waals surface area contributed by atoms with E-state index in [9.17, 15) is 5.11 Å². The number of hydrogen-bond donors (Lipinski definition) is 2. The second kappa shape index (κ2) is 7.75. The van der Waals surface area contributed by atoms with Crippen molar-refractivity contribution in [2.45, 2.75) is 31.7 Å². The first-order valence-electron chi connectivity index (χ1n) is 6.26. The minimum absolute atomic E-state index is 0.00531. The van der Waals surface area contributed by atoms with E-state index in [-0.39, 0.29) is 6.61 Å². The first-order chi connectivity index (χ1) is 8.23. The van der Waals surface area contributed by atoms with Crippen LogP contribution in [0.1, 0.15) is 31.7 Å². The molecule has 0 amide bonds. The van der Waals surface area contributed by atoms with Crippen molar-refractivity contribution in [3.63, 3.8) is 0 Å². The molecule has 1 unspecified atom stereocenters. The average molecular weight is 253 g/mol. The molecule has 2 nitrogen and oxygen atoms in total. The second-order valence-electron chi connectivity index (χ2n) is 4.40. The maximum Gasteiger partial charge on any atom is 0.0653 e. The van der Waals surface area contributed by atoms with Gasteiger partial charge >= 0.3 is 0 Å². The Hall–Kier alpha value is -0.510. The maximum atomic E-state index is 9.51. The number of aliphatic hydroxyl groups is 1. The summed E-state index contributed by atoms with van der Waals surface area (Å²) >= 11 is 1.92. The minimum Gasteiger partial charge on any atom is -0.394 e. The van der Waals surface area contributed by atoms with Crippen LogP contribution >= 0.6 is 11.8 Å². The van der Waals surface area contributed by atoms with E-state index in [1.165, 1.54) is 18.6 Å². The average Bonchev–Trinajstić information content (AvgIpc) is 2.39. The fourth-order valence-corrected chi connectivity index (χ4v) is 2.89. The Kier molecular flexibility index (Phi) is 6.63. The van der Waals surface area contributed by atoms with Gasteiger partial charge in [-0.25, -0.2) is 0 Å². The number of hydrogen-bond acceptors (Lipinski definition) is 3. The highest BCUT2D eigenvalue weighted by Gasteiger charge is 2.25. The summed E-state index contributed by atoms with van der Waals surface area (Å²) in [6.07, 6.45) is 3.31. The molecule has 0 fully saturated rings. The van der Waals surface area contributed by atoms with Gasteiger partial charge in [-0.3, -0.25) is 0 Å². The molecule has 0 aromatic heterocycles. The quantitative estimate of drug-likeness (QED) is 0.700. The third-order valence-corrected chi connectivity index (χ3v) is 4.04. The van der Waals surface area contributed by atoms with Gasteiger partial charge in [0.05, 0.1) is 12.1 Å². The Morgan fingerprint density at radius 3 is 2.53 bits per heavy atom. The molecule has 3 N–H and O–H groups in total. The number of unbranched alkanes of at least 4 members (excludes halogenated alkanes) is 1. The van der Waals surface area contributed by atoms with Gasteiger partial charge < -0.3 is 10.8 Å². The van der Waals surface area contributed by atoms with Gasteiger partial charge in [0, 0.05) is 0 Å². The third-order valence-electron chi connectivity index (χ3n) is 2.97. The van der Waals surface area contributed by atoms with Crippen LogP contribution in [0.15, 0.2) is 30.3 Å². The maximum absolute atomic E-state index is 9.51. The van der Waals surface area contributed by atoms with Crippen LogP contribution in [0.2, 0.25) is 0 Å². The lowest BCUT2D eigenvalue weighted by atomic mass is 9.89. The van der Waals surface area contributed by atoms with Crippen molar-refractivity contribution in [2.24, 2.45) is 5.73 Å². The van der Waals surface area contributed by atoms with Crippen LogP contribution in [0.5, 0.6) is 0 Å². The van der Waals surface area contributed by atoms with Crippen LogP contribution in [0.4, 0.5) is 0 Å². The lowest BCUT2D eigenvalue weighted by molar-refractivity contribution is 0.193. The van der Waals surface area contributed by atoms with Gasteiger partial charge in [-0.1, -0.05) is 43.7 Å². The monoisotopic (exact) mass is 253 g/mol. The van der Waals surface area contributed by atoms with Crippen molar-refractivity contribution in [2.75, 3.05) is 18.1 Å². The summed E-state index contributed by atoms with van der Waals surface area (Å²) in [7, 11) is 0. The Morgan fingerprint density at radius 2 is 1.94 bits per heavy atom. The van der Waals surface area contributed by atoms with E-state index in [1.807, 2.05) is 42.1 Å². The SMILES string of the molecule is CCCCSCCC(N)(CO)c1ccccc1. The zero-order valence-corrected chi connectivity index (χ0v) is 11.4. The smallest absolute Gasteiger partial charge is 0.0653 e. The van der Waals surface area contributed by atoms with Gasteiger partial charge in [0.1, 0.15) is 0 Å². The molecule has 0 aliphatic carbocycles. The van der Waals surface area contributed by atoms with E-state index >= 15 is 0 Å². The summed E-state index contributed by atoms with van der Waals surface area (Å²) in [5.41, 5.74) is 6.71. The van der Waals surface area contributed by atoms with Gasteiger partial charge in [-0.05, 0) is 29.9 Å². The molecular formula is C14H23NOS. The molecular weight excluding hydrogens is 230 g/mol. The Balaban J connectivity index is 2.46. The van der Waals surface area contributed by atoms with E-state index in [4.69, 9.17) is 5.73 Å². The largest absolute Gasteiger partial charge is 0.394 e. The van der Waals surface area contributed by atoms with Crippen molar-refractivity contribution in [3.05, 3.63) is 35.9 Å². The van der Waals surface area contributed by atoms with E-state index in [0.717, 1.165) is 17.7 Å². The van der Waals surface area contributed by atoms with Crippen molar-refractivity contribution < 1.29 is 5.11 Å². The lowest BCUT2D eigenvalue weighted by Gasteiger charge is -2.27. The molecule has 0 spiro atoms. The second-order valence-corrected chi connectivity index (χ2v) is 5.62. The van der Waals surface area contributed by atoms with Gasteiger partial charge in [0.15, 0.2) is 0 Å². The first-order valence-corrected chi connectivity index (χ1v) is 7.41. The predicted octanol–water partition coefficient (Wildman–Crippen LogP) is 2.76. The van der Waals surface area contributed by atoms with Crippen molar-refractivity contribution in [1.29, 1.82) is 0 Å². The fourth-order valence-electron chi connectivity index (χ4n) is 1.69. The summed E-state index contributed by atoms with van der Waals surface area (Å²) in [5.74, 6) is 2.19. The number of rotatable bonds is 8. The zero-order valence-electron chi connectivity index (χ0n) is 10.6. The molecule has 0 saturated heterocycles. The van der Waals surface area contributed by atoms with Crippen LogP contribution in [0, 0.1) is 0 Å². The van der Waals surface area contributed by atoms with Gasteiger partial charge in [0.25, 0.3) is 0 Å². The van der Waals surface area contributed by atoms with Crippen LogP contribution in [-0.2, 0) is 5.54 Å². The molecule has 0 heterocycles. The van der Waals surface area contributed by atoms with Gasteiger partial charge in [-0.2, -0.15) is 11.8 Å². The molecule has 1 aromatic rings. The number of thioether (sulfide) groups is 1. The standard InChI is InChI=1S/C14H23NOS/c1-2-3-10-17-11-9-14(15,12-16)13-7-5-4-6-8-13/h4-8,16H,2-3,9-12,15H2,1H3. The van der Waals surface area contributed by atoms with Crippen LogP contribution in [-0.4, -0.2) is 23.2 Å². The molecule has 1 rings (SSSR count). The van der Waals surface area contributed by atoms with E-state index < -0.39 is 5.54 Å². The molecule has 0 aliphatic heterocycles. The third kappa shape index (κ3) is 4.70. The molecule has 17 heavy (non-hydrogen) atoms. The van der Waals surface area contributed by atoms with Crippen molar-refractivity contribution in [3.8, 4) is 0 Å². The van der Waals surface area contributed by atoms with Gasteiger partial charge in [-0.15, -0.1) is 0 Å². The van der Waals surface area contributed by atoms with Crippen LogP contribution in [0.3, 0.4) is 0 Å². The highest BCUT2D eigenvalue weighted by Crippen LogP contribution is 2.23. The normalized spacial score (nSPS) is 14.5. The Morgan fingerprint density at radius 1 is 1.24 bits per heavy atom. The van der Waals surface area contributed by atoms with Gasteiger partial charge in [0.2, 0.25) is 0 Å². The summed E-state index contributed by atoms with van der Waals surface area (Å²) in [4.78, 5) is 0. The first kappa shape index (κ1) is 14.6. The minimum atomic E-state index is -0.583. The summed E-state index contributed by atoms with van der Waals surface area (Å²) < 4.78 is 0. The molecule has 0 radical (unpaired) electrons. The molecule has 0 saturated carbocycles. The summed E-state index contributed by atoms with van der Waals surface area (Å²) in [6.45, 7) is 2.21. The van der Waals surface area contributed by atoms with Crippen LogP contribution < -0.4 is 5.73 Å². The summed E-state index contributed by atoms with van der Waals surface area (Å²) in [6, 6.07) is 9.89. The van der Waals surface area contributed by atoms with E-state index in [0.29, 0.717) is 0 Å². The fraction of sp³-hybridized carbons (Fsp3) is 0.571. The Bertz CT molecular complexity index is 304. The van der Waals surface area contributed by atoms with Crippen molar-refractivity contribution in [1.82, 2.24) is 0 Å². The number of aliphatic hydroxyl groups excluding tert-OH is 1. The molecule has 1 aromatic carbocycles. The highest BCUT2D eigenvalue weighted by molar-refractivity contribution is 7.99. The predicted molar refractivity (Wildman–Crippen MR) is 76.2 cm³/mol. The van der Waals surface area contributed by atoms with Crippen LogP contribution in [0.25, 0.3) is 0 Å². The number of nitrogens with two attached hydrogens (primary N) is 1. The molecule has 96 valence electrons. The molecule has 3 heteroatoms. The molecule has 0 bridgehead atoms. The van der Waals surface area contributed by atoms with E-state index in [2.05, 4.69) is 6.92 Å².